The van der Waals surface area contributed by atoms with Crippen LogP contribution in [0.1, 0.15) is 143 Å². The average molecular weight is 1530 g/mol. The van der Waals surface area contributed by atoms with E-state index in [9.17, 15) is 73.5 Å². The second kappa shape index (κ2) is 43.7. The number of phenolic OH excluding ortho intramolecular Hbond substituents is 2. The second-order valence-electron chi connectivity index (χ2n) is 29.4. The Kier molecular flexibility index (Phi) is 35.8. The molecule has 1 aromatic heterocycles. The van der Waals surface area contributed by atoms with Gasteiger partial charge in [-0.2, -0.15) is 0 Å². The molecule has 20 N–H and O–H groups in total. The third-order valence-corrected chi connectivity index (χ3v) is 18.6. The van der Waals surface area contributed by atoms with Crippen LogP contribution >= 0.6 is 0 Å². The summed E-state index contributed by atoms with van der Waals surface area (Å²) in [4.78, 5) is 185. The van der Waals surface area contributed by atoms with Crippen molar-refractivity contribution >= 4 is 87.8 Å². The molecule has 109 heavy (non-hydrogen) atoms. The third-order valence-electron chi connectivity index (χ3n) is 18.6. The first kappa shape index (κ1) is 89.4. The summed E-state index contributed by atoms with van der Waals surface area (Å²) >= 11 is 0. The Hall–Kier alpha value is -10.3. The van der Waals surface area contributed by atoms with Gasteiger partial charge in [-0.1, -0.05) is 104 Å². The zero-order valence-corrected chi connectivity index (χ0v) is 63.5. The van der Waals surface area contributed by atoms with E-state index in [2.05, 4.69) is 52.8 Å². The Morgan fingerprint density at radius 1 is 0.486 bits per heavy atom. The number of benzene rings is 3. The molecule has 2 saturated heterocycles. The number of fused-ring (bicyclic) bond motifs is 1. The van der Waals surface area contributed by atoms with Crippen LogP contribution < -0.4 is 59.3 Å². The molecule has 0 radical (unpaired) electrons. The van der Waals surface area contributed by atoms with E-state index in [0.717, 1.165) is 17.8 Å². The molecule has 600 valence electrons. The van der Waals surface area contributed by atoms with Gasteiger partial charge in [0.15, 0.2) is 0 Å². The molecule has 3 aromatic carbocycles. The summed E-state index contributed by atoms with van der Waals surface area (Å²) in [6, 6.07) is 3.13. The number of aromatic hydroxyl groups is 2. The fourth-order valence-electron chi connectivity index (χ4n) is 13.0. The van der Waals surface area contributed by atoms with Crippen LogP contribution in [0.2, 0.25) is 0 Å². The number of phenols is 2. The number of aliphatic carboxylic acids is 2. The highest BCUT2D eigenvalue weighted by molar-refractivity contribution is 6.00. The number of aromatic nitrogens is 1. The van der Waals surface area contributed by atoms with Gasteiger partial charge in [-0.15, -0.1) is 0 Å². The van der Waals surface area contributed by atoms with Gasteiger partial charge in [-0.25, -0.2) is 4.79 Å². The molecular weight excluding hydrogens is 1410 g/mol. The van der Waals surface area contributed by atoms with Crippen LogP contribution in [0, 0.1) is 23.7 Å². The number of carboxylic acids is 2. The summed E-state index contributed by atoms with van der Waals surface area (Å²) in [5.74, 6) is -12.3. The van der Waals surface area contributed by atoms with Gasteiger partial charge in [0.1, 0.15) is 78.0 Å². The van der Waals surface area contributed by atoms with Gasteiger partial charge in [-0.3, -0.25) is 57.5 Å². The molecule has 0 spiro atoms. The second-order valence-corrected chi connectivity index (χ2v) is 29.4. The number of nitrogens with one attached hydrogen (secondary N) is 10. The molecule has 2 fully saturated rings. The summed E-state index contributed by atoms with van der Waals surface area (Å²) < 4.78 is 0. The molecule has 4 aromatic rings. The maximum absolute atomic E-state index is 15.4. The summed E-state index contributed by atoms with van der Waals surface area (Å²) in [5, 5.41) is 82.1. The number of para-hydroxylation sites is 1. The predicted octanol–water partition coefficient (Wildman–Crippen LogP) is 0.363. The lowest BCUT2D eigenvalue weighted by atomic mass is 9.99. The molecule has 6 rings (SSSR count). The van der Waals surface area contributed by atoms with Crippen LogP contribution in [-0.4, -0.2) is 228 Å². The molecule has 12 unspecified atom stereocenters. The molecule has 33 nitrogen and oxygen atoms in total. The first-order chi connectivity index (χ1) is 51.5. The largest absolute Gasteiger partial charge is 0.508 e. The first-order valence-corrected chi connectivity index (χ1v) is 37.1. The van der Waals surface area contributed by atoms with Crippen LogP contribution in [0.3, 0.4) is 0 Å². The molecule has 2 aliphatic heterocycles. The minimum atomic E-state index is -1.73. The number of amides is 11. The number of likely N-dealkylation sites (tertiary alicyclic amines) is 2. The smallest absolute Gasteiger partial charge is 0.326 e. The number of aliphatic hydroxyl groups excluding tert-OH is 2. The Labute approximate surface area is 634 Å². The maximum atomic E-state index is 15.4. The lowest BCUT2D eigenvalue weighted by Crippen LogP contribution is -2.62. The molecule has 3 heterocycles. The van der Waals surface area contributed by atoms with Gasteiger partial charge < -0.3 is 105 Å². The van der Waals surface area contributed by atoms with Crippen molar-refractivity contribution in [2.24, 2.45) is 35.1 Å². The highest BCUT2D eigenvalue weighted by Gasteiger charge is 2.44. The molecule has 2 aliphatic rings. The van der Waals surface area contributed by atoms with Gasteiger partial charge in [-0.05, 0) is 135 Å². The molecule has 0 saturated carbocycles. The Morgan fingerprint density at radius 2 is 0.890 bits per heavy atom. The number of carbonyl (C=O) groups is 13. The number of aliphatic hydroxyl groups is 2. The molecule has 11 amide bonds. The topological polar surface area (TPSA) is 526 Å². The van der Waals surface area contributed by atoms with Crippen molar-refractivity contribution in [3.63, 3.8) is 0 Å². The Bertz CT molecular complexity index is 3730. The summed E-state index contributed by atoms with van der Waals surface area (Å²) in [6.45, 7) is 13.6. The van der Waals surface area contributed by atoms with Crippen molar-refractivity contribution in [3.05, 3.63) is 95.7 Å². The number of nitrogens with zero attached hydrogens (tertiary/aromatic N) is 2. The van der Waals surface area contributed by atoms with Crippen LogP contribution in [-0.2, 0) is 81.6 Å². The van der Waals surface area contributed by atoms with Crippen molar-refractivity contribution in [2.45, 2.75) is 218 Å². The number of nitrogens with two attached hydrogens (primary N) is 2. The van der Waals surface area contributed by atoms with E-state index in [1.54, 1.807) is 78.1 Å². The fourth-order valence-corrected chi connectivity index (χ4v) is 13.0. The zero-order valence-electron chi connectivity index (χ0n) is 63.5. The van der Waals surface area contributed by atoms with Gasteiger partial charge in [0.2, 0.25) is 65.0 Å². The molecule has 33 heteroatoms. The number of carboxylic acid groups (broad SMARTS) is 2. The lowest BCUT2D eigenvalue weighted by molar-refractivity contribution is -0.143. The van der Waals surface area contributed by atoms with E-state index in [4.69, 9.17) is 21.4 Å². The number of rotatable bonds is 40. The van der Waals surface area contributed by atoms with E-state index >= 15 is 9.59 Å². The number of aromatic amines is 1. The van der Waals surface area contributed by atoms with E-state index < -0.39 is 169 Å². The molecule has 0 bridgehead atoms. The van der Waals surface area contributed by atoms with Crippen molar-refractivity contribution in [1.82, 2.24) is 62.6 Å². The van der Waals surface area contributed by atoms with Gasteiger partial charge >= 0.3 is 5.97 Å². The predicted molar refractivity (Wildman–Crippen MR) is 402 cm³/mol. The van der Waals surface area contributed by atoms with E-state index in [0.29, 0.717) is 55.3 Å². The van der Waals surface area contributed by atoms with E-state index in [1.807, 2.05) is 32.0 Å². The highest BCUT2D eigenvalue weighted by atomic mass is 16.4. The van der Waals surface area contributed by atoms with E-state index in [-0.39, 0.29) is 93.7 Å². The minimum Gasteiger partial charge on any atom is -0.508 e. The third kappa shape index (κ3) is 28.0. The summed E-state index contributed by atoms with van der Waals surface area (Å²) in [7, 11) is 0. The normalized spacial score (nSPS) is 16.9. The molecule has 12 atom stereocenters. The van der Waals surface area contributed by atoms with Crippen LogP contribution in [0.15, 0.2) is 79.0 Å². The van der Waals surface area contributed by atoms with Crippen molar-refractivity contribution in [1.29, 1.82) is 0 Å². The number of carbonyl (C=O) groups excluding carboxylic acids is 11. The van der Waals surface area contributed by atoms with Gasteiger partial charge in [0, 0.05) is 56.4 Å². The SMILES string of the molecule is CC(=O)O.CC(C)CC(NC(=O)C(CO)NC(=O)C(CO)NC(=O)C(CC(C)C)NC(=O)C(NC(=O)C1CCCN1C(=O)C(Cc1c[nH]c2ccccc12)NC(=O)C(Cc1ccc(O)cc1)NC(=O)C1CCCN1C(=O)C(CC(C)C)NC(=O)C(Cc1ccc(O)cc1)NC(=O)C(N)CCCCN)C(C)C)C(=O)O. The fraction of sp³-hybridized carbons (Fsp3) is 0.566. The highest BCUT2D eigenvalue weighted by Crippen LogP contribution is 2.26. The number of hydrogen-bond donors (Lipinski definition) is 18. The maximum Gasteiger partial charge on any atom is 0.326 e. The standard InChI is InChI=1S/C74H108N14O17.C2H4O2/c1-40(2)31-52(64(94)84-59(39-90)68(98)85-58(38-89)67(97)83-57(74(104)105)33-42(5)6)80-71(101)62(43(7)8)86-70(100)61-19-14-30-88(61)73(103)56(36-46-37-77-51-17-10-9-15-49(46)51)82-66(96)54(35-45-22-26-48(92)27-23-45)79-69(99)60-18-13-29-87(60)72(102)55(32-41(3)4)81-65(95)53(34-44-20-24-47(91)25-21-44)78-63(93)50(76)16-11-12-28-75;1-2(3)4/h9-10,15,17,20-27,37,40-43,50,52-62,77,89-92H,11-14,16,18-19,28-36,38-39,75-76H2,1-8H3,(H,78,93)(H,79,99)(H,80,101)(H,81,95)(H,82,96)(H,83,97)(H,84,94)(H,85,98)(H,86,100)(H,104,105);1H3,(H,3,4). The van der Waals surface area contributed by atoms with Crippen molar-refractivity contribution < 1.29 is 93.0 Å². The van der Waals surface area contributed by atoms with Crippen LogP contribution in [0.25, 0.3) is 10.9 Å². The Morgan fingerprint density at radius 3 is 1.37 bits per heavy atom. The first-order valence-electron chi connectivity index (χ1n) is 37.1. The number of unbranched alkanes of at least 4 members (excludes halogenated alkanes) is 1. The lowest BCUT2D eigenvalue weighted by Gasteiger charge is -2.32. The summed E-state index contributed by atoms with van der Waals surface area (Å²) in [6.07, 6.45) is 3.94. The van der Waals surface area contributed by atoms with Crippen LogP contribution in [0.4, 0.5) is 0 Å². The van der Waals surface area contributed by atoms with Crippen molar-refractivity contribution in [2.75, 3.05) is 32.8 Å². The van der Waals surface area contributed by atoms with E-state index in [1.165, 1.54) is 34.1 Å². The Balaban J connectivity index is 0.00000518. The van der Waals surface area contributed by atoms with Crippen LogP contribution in [0.5, 0.6) is 11.5 Å². The molecule has 0 aliphatic carbocycles. The monoisotopic (exact) mass is 1520 g/mol. The zero-order chi connectivity index (χ0) is 80.9. The van der Waals surface area contributed by atoms with Crippen molar-refractivity contribution in [3.8, 4) is 11.5 Å². The van der Waals surface area contributed by atoms with Gasteiger partial charge in [0.25, 0.3) is 5.97 Å². The average Bonchev–Trinajstić information content (AvgIpc) is 1.27. The number of H-pyrrole nitrogens is 1. The van der Waals surface area contributed by atoms with Gasteiger partial charge in [0.05, 0.1) is 19.3 Å². The number of hydrogen-bond acceptors (Lipinski definition) is 19. The quantitative estimate of drug-likeness (QED) is 0.0267. The summed E-state index contributed by atoms with van der Waals surface area (Å²) in [5.41, 5.74) is 14.3. The minimum absolute atomic E-state index is 0.0138. The molecular formula is C76H112N14O19.